The van der Waals surface area contributed by atoms with Gasteiger partial charge in [-0.15, -0.1) is 0 Å². The van der Waals surface area contributed by atoms with Gasteiger partial charge in [-0.25, -0.2) is 4.98 Å². The highest BCUT2D eigenvalue weighted by Crippen LogP contribution is 2.36. The number of hydrogen-bond acceptors (Lipinski definition) is 2. The first-order valence-corrected chi connectivity index (χ1v) is 5.37. The molecule has 0 spiro atoms. The minimum Gasteiger partial charge on any atom is -0.348 e. The molecule has 1 aliphatic rings. The lowest BCUT2D eigenvalue weighted by molar-refractivity contribution is 0.363. The Balaban J connectivity index is 1.78. The van der Waals surface area contributed by atoms with Crippen molar-refractivity contribution >= 4 is 0 Å². The zero-order valence-electron chi connectivity index (χ0n) is 9.01. The summed E-state index contributed by atoms with van der Waals surface area (Å²) in [5.74, 6) is 1.04. The number of nitrogens with one attached hydrogen (secondary N) is 2. The van der Waals surface area contributed by atoms with Crippen LogP contribution in [0.5, 0.6) is 0 Å². The topological polar surface area (TPSA) is 40.7 Å². The van der Waals surface area contributed by atoms with E-state index in [9.17, 15) is 0 Å². The molecule has 0 aromatic carbocycles. The van der Waals surface area contributed by atoms with E-state index >= 15 is 0 Å². The molecular weight excluding hydrogens is 174 g/mol. The van der Waals surface area contributed by atoms with Gasteiger partial charge in [-0.3, -0.25) is 0 Å². The first-order valence-electron chi connectivity index (χ1n) is 5.37. The van der Waals surface area contributed by atoms with E-state index in [0.717, 1.165) is 12.4 Å². The lowest BCUT2D eigenvalue weighted by Crippen LogP contribution is -2.27. The maximum atomic E-state index is 4.20. The molecule has 1 atom stereocenters. The van der Waals surface area contributed by atoms with E-state index in [1.165, 1.54) is 19.3 Å². The molecule has 0 radical (unpaired) electrons. The Morgan fingerprint density at radius 1 is 1.64 bits per heavy atom. The van der Waals surface area contributed by atoms with Crippen LogP contribution in [0.2, 0.25) is 0 Å². The fourth-order valence-electron chi connectivity index (χ4n) is 2.25. The predicted molar refractivity (Wildman–Crippen MR) is 56.8 cm³/mol. The van der Waals surface area contributed by atoms with Crippen LogP contribution < -0.4 is 5.32 Å². The molecule has 1 heterocycles. The maximum Gasteiger partial charge on any atom is 0.120 e. The Labute approximate surface area is 85.3 Å². The summed E-state index contributed by atoms with van der Waals surface area (Å²) in [4.78, 5) is 7.30. The summed E-state index contributed by atoms with van der Waals surface area (Å²) >= 11 is 0. The monoisotopic (exact) mass is 193 g/mol. The molecule has 0 bridgehead atoms. The van der Waals surface area contributed by atoms with Gasteiger partial charge in [0.05, 0.1) is 6.54 Å². The lowest BCUT2D eigenvalue weighted by Gasteiger charge is -2.17. The van der Waals surface area contributed by atoms with Gasteiger partial charge in [-0.1, -0.05) is 13.8 Å². The molecule has 0 saturated heterocycles. The lowest BCUT2D eigenvalue weighted by atomic mass is 9.92. The summed E-state index contributed by atoms with van der Waals surface area (Å²) in [5, 5.41) is 3.55. The first-order chi connectivity index (χ1) is 6.66. The van der Waals surface area contributed by atoms with Crippen LogP contribution in [0.1, 0.15) is 38.9 Å². The summed E-state index contributed by atoms with van der Waals surface area (Å²) < 4.78 is 0. The van der Waals surface area contributed by atoms with E-state index < -0.39 is 0 Å². The Hall–Kier alpha value is -0.830. The third-order valence-electron chi connectivity index (χ3n) is 3.08. The van der Waals surface area contributed by atoms with Crippen molar-refractivity contribution in [3.8, 4) is 0 Å². The van der Waals surface area contributed by atoms with Crippen molar-refractivity contribution in [1.29, 1.82) is 0 Å². The van der Waals surface area contributed by atoms with Gasteiger partial charge in [0, 0.05) is 18.4 Å². The van der Waals surface area contributed by atoms with Crippen LogP contribution >= 0.6 is 0 Å². The molecule has 3 nitrogen and oxygen atoms in total. The first kappa shape index (κ1) is 9.71. The van der Waals surface area contributed by atoms with Crippen molar-refractivity contribution in [2.75, 3.05) is 0 Å². The smallest absolute Gasteiger partial charge is 0.120 e. The second kappa shape index (κ2) is 3.73. The van der Waals surface area contributed by atoms with Gasteiger partial charge in [0.15, 0.2) is 0 Å². The number of hydrogen-bond donors (Lipinski definition) is 2. The predicted octanol–water partition coefficient (Wildman–Crippen LogP) is 2.08. The summed E-state index contributed by atoms with van der Waals surface area (Å²) in [6, 6.07) is 0.676. The average molecular weight is 193 g/mol. The van der Waals surface area contributed by atoms with Crippen molar-refractivity contribution in [1.82, 2.24) is 15.3 Å². The molecule has 0 aliphatic heterocycles. The second-order valence-electron chi connectivity index (χ2n) is 5.02. The summed E-state index contributed by atoms with van der Waals surface area (Å²) in [7, 11) is 0. The Kier molecular flexibility index (Phi) is 2.59. The molecule has 14 heavy (non-hydrogen) atoms. The molecule has 0 amide bonds. The zero-order chi connectivity index (χ0) is 10.0. The molecule has 78 valence electrons. The summed E-state index contributed by atoms with van der Waals surface area (Å²) in [5.41, 5.74) is 0.529. The fourth-order valence-corrected chi connectivity index (χ4v) is 2.25. The summed E-state index contributed by atoms with van der Waals surface area (Å²) in [6.45, 7) is 5.57. The number of imidazole rings is 1. The third kappa shape index (κ3) is 2.35. The van der Waals surface area contributed by atoms with Crippen molar-refractivity contribution in [3.63, 3.8) is 0 Å². The molecule has 1 saturated carbocycles. The van der Waals surface area contributed by atoms with Crippen LogP contribution in [0.25, 0.3) is 0 Å². The molecule has 1 aromatic heterocycles. The van der Waals surface area contributed by atoms with E-state index in [0.29, 0.717) is 11.5 Å². The standard InChI is InChI=1S/C11H19N3/c1-11(2)4-3-9(7-11)14-8-10-12-5-6-13-10/h5-6,9,14H,3-4,7-8H2,1-2H3,(H,12,13). The van der Waals surface area contributed by atoms with E-state index in [4.69, 9.17) is 0 Å². The zero-order valence-corrected chi connectivity index (χ0v) is 9.01. The second-order valence-corrected chi connectivity index (χ2v) is 5.02. The van der Waals surface area contributed by atoms with Gasteiger partial charge in [0.1, 0.15) is 5.82 Å². The van der Waals surface area contributed by atoms with Gasteiger partial charge in [0.25, 0.3) is 0 Å². The minimum absolute atomic E-state index is 0.529. The van der Waals surface area contributed by atoms with Gasteiger partial charge >= 0.3 is 0 Å². The van der Waals surface area contributed by atoms with Crippen LogP contribution in [0.3, 0.4) is 0 Å². The number of aromatic nitrogens is 2. The van der Waals surface area contributed by atoms with E-state index in [-0.39, 0.29) is 0 Å². The number of H-pyrrole nitrogens is 1. The SMILES string of the molecule is CC1(C)CCC(NCc2ncc[nH]2)C1. The molecular formula is C11H19N3. The normalized spacial score (nSPS) is 25.4. The van der Waals surface area contributed by atoms with E-state index in [1.54, 1.807) is 6.20 Å². The van der Waals surface area contributed by atoms with Crippen molar-refractivity contribution in [2.24, 2.45) is 5.41 Å². The Bertz CT molecular complexity index is 277. The van der Waals surface area contributed by atoms with Crippen molar-refractivity contribution in [3.05, 3.63) is 18.2 Å². The van der Waals surface area contributed by atoms with Crippen molar-refractivity contribution < 1.29 is 0 Å². The van der Waals surface area contributed by atoms with Gasteiger partial charge in [-0.2, -0.15) is 0 Å². The fraction of sp³-hybridized carbons (Fsp3) is 0.727. The molecule has 1 aromatic rings. The van der Waals surface area contributed by atoms with Crippen LogP contribution in [0, 0.1) is 5.41 Å². The van der Waals surface area contributed by atoms with Crippen LogP contribution in [0.4, 0.5) is 0 Å². The molecule has 1 fully saturated rings. The van der Waals surface area contributed by atoms with Crippen LogP contribution in [-0.4, -0.2) is 16.0 Å². The van der Waals surface area contributed by atoms with Gasteiger partial charge in [0.2, 0.25) is 0 Å². The maximum absolute atomic E-state index is 4.20. The highest BCUT2D eigenvalue weighted by Gasteiger charge is 2.30. The third-order valence-corrected chi connectivity index (χ3v) is 3.08. The average Bonchev–Trinajstić information content (AvgIpc) is 2.70. The summed E-state index contributed by atoms with van der Waals surface area (Å²) in [6.07, 6.45) is 7.59. The van der Waals surface area contributed by atoms with Crippen molar-refractivity contribution in [2.45, 2.75) is 45.7 Å². The quantitative estimate of drug-likeness (QED) is 0.771. The van der Waals surface area contributed by atoms with E-state index in [1.807, 2.05) is 6.20 Å². The largest absolute Gasteiger partial charge is 0.348 e. The molecule has 1 unspecified atom stereocenters. The molecule has 2 rings (SSSR count). The van der Waals surface area contributed by atoms with Crippen LogP contribution in [-0.2, 0) is 6.54 Å². The highest BCUT2D eigenvalue weighted by atomic mass is 15.0. The van der Waals surface area contributed by atoms with Crippen LogP contribution in [0.15, 0.2) is 12.4 Å². The number of nitrogens with zero attached hydrogens (tertiary/aromatic N) is 1. The van der Waals surface area contributed by atoms with E-state index in [2.05, 4.69) is 29.1 Å². The molecule has 2 N–H and O–H groups in total. The number of aromatic amines is 1. The Morgan fingerprint density at radius 3 is 3.07 bits per heavy atom. The molecule has 3 heteroatoms. The minimum atomic E-state index is 0.529. The Morgan fingerprint density at radius 2 is 2.50 bits per heavy atom. The highest BCUT2D eigenvalue weighted by molar-refractivity contribution is 4.90. The van der Waals surface area contributed by atoms with Gasteiger partial charge < -0.3 is 10.3 Å². The molecule has 1 aliphatic carbocycles. The van der Waals surface area contributed by atoms with Gasteiger partial charge in [-0.05, 0) is 24.7 Å². The number of rotatable bonds is 3.